The molecular weight excluding hydrogens is 344 g/mol. The van der Waals surface area contributed by atoms with Crippen LogP contribution >= 0.6 is 12.2 Å². The van der Waals surface area contributed by atoms with Gasteiger partial charge in [-0.25, -0.2) is 12.7 Å². The number of hydrogen-bond donors (Lipinski definition) is 3. The largest absolute Gasteiger partial charge is 0.362 e. The lowest BCUT2D eigenvalue weighted by Crippen LogP contribution is -3.10. The lowest BCUT2D eigenvalue weighted by molar-refractivity contribution is -0.887. The van der Waals surface area contributed by atoms with Crippen LogP contribution in [0.2, 0.25) is 0 Å². The molecule has 1 heterocycles. The van der Waals surface area contributed by atoms with Crippen LogP contribution in [0.1, 0.15) is 19.3 Å². The summed E-state index contributed by atoms with van der Waals surface area (Å²) in [6.07, 6.45) is 3.76. The summed E-state index contributed by atoms with van der Waals surface area (Å²) in [7, 11) is -0.403. The highest BCUT2D eigenvalue weighted by atomic mass is 32.2. The minimum atomic E-state index is -3.44. The van der Waals surface area contributed by atoms with Crippen molar-refractivity contribution < 1.29 is 13.3 Å². The van der Waals surface area contributed by atoms with Crippen molar-refractivity contribution in [2.45, 2.75) is 24.2 Å². The van der Waals surface area contributed by atoms with E-state index in [0.29, 0.717) is 10.8 Å². The Kier molecular flexibility index (Phi) is 6.97. The summed E-state index contributed by atoms with van der Waals surface area (Å²) >= 11 is 5.28. The molecule has 0 spiro atoms. The molecule has 1 aliphatic rings. The molecule has 0 saturated carbocycles. The number of thiocarbonyl (C=S) groups is 1. The topological polar surface area (TPSA) is 65.9 Å². The van der Waals surface area contributed by atoms with E-state index in [4.69, 9.17) is 12.2 Å². The molecule has 6 nitrogen and oxygen atoms in total. The molecule has 0 aliphatic carbocycles. The van der Waals surface area contributed by atoms with Crippen LogP contribution in [0.3, 0.4) is 0 Å². The van der Waals surface area contributed by atoms with Crippen molar-refractivity contribution >= 4 is 33.0 Å². The van der Waals surface area contributed by atoms with E-state index in [1.807, 2.05) is 0 Å². The average Bonchev–Trinajstić information content (AvgIpc) is 3.05. The van der Waals surface area contributed by atoms with Crippen LogP contribution in [-0.2, 0) is 10.0 Å². The van der Waals surface area contributed by atoms with E-state index >= 15 is 0 Å². The highest BCUT2D eigenvalue weighted by molar-refractivity contribution is 7.89. The Morgan fingerprint density at radius 3 is 2.67 bits per heavy atom. The molecule has 0 atom stereocenters. The Bertz CT molecular complexity index is 656. The van der Waals surface area contributed by atoms with Gasteiger partial charge in [-0.3, -0.25) is 0 Å². The molecule has 1 aromatic carbocycles. The maximum Gasteiger partial charge on any atom is 0.242 e. The minimum Gasteiger partial charge on any atom is -0.362 e. The second-order valence-electron chi connectivity index (χ2n) is 6.26. The van der Waals surface area contributed by atoms with Gasteiger partial charge < -0.3 is 15.5 Å². The van der Waals surface area contributed by atoms with Gasteiger partial charge in [0.2, 0.25) is 10.0 Å². The number of anilines is 1. The van der Waals surface area contributed by atoms with E-state index in [1.165, 1.54) is 50.9 Å². The Morgan fingerprint density at radius 1 is 1.29 bits per heavy atom. The maximum absolute atomic E-state index is 12.2. The predicted molar refractivity (Wildman–Crippen MR) is 101 cm³/mol. The van der Waals surface area contributed by atoms with Gasteiger partial charge in [0, 0.05) is 45.6 Å². The first-order valence-corrected chi connectivity index (χ1v) is 10.2. The summed E-state index contributed by atoms with van der Waals surface area (Å²) in [5, 5.41) is 6.75. The molecule has 3 N–H and O–H groups in total. The molecule has 0 unspecified atom stereocenters. The maximum atomic E-state index is 12.2. The summed E-state index contributed by atoms with van der Waals surface area (Å²) in [6.45, 7) is 4.57. The zero-order chi connectivity index (χ0) is 17.6. The summed E-state index contributed by atoms with van der Waals surface area (Å²) in [5.74, 6) is 0. The van der Waals surface area contributed by atoms with Gasteiger partial charge in [0.15, 0.2) is 5.11 Å². The van der Waals surface area contributed by atoms with Crippen LogP contribution < -0.4 is 15.5 Å². The monoisotopic (exact) mass is 371 g/mol. The van der Waals surface area contributed by atoms with Gasteiger partial charge in [0.25, 0.3) is 0 Å². The molecule has 0 amide bonds. The van der Waals surface area contributed by atoms with Gasteiger partial charge >= 0.3 is 0 Å². The Balaban J connectivity index is 1.81. The van der Waals surface area contributed by atoms with E-state index in [2.05, 4.69) is 10.6 Å². The van der Waals surface area contributed by atoms with Crippen molar-refractivity contribution in [3.63, 3.8) is 0 Å². The molecule has 2 rings (SSSR count). The number of benzene rings is 1. The third kappa shape index (κ3) is 5.41. The summed E-state index contributed by atoms with van der Waals surface area (Å²) in [5.41, 5.74) is 0.667. The van der Waals surface area contributed by atoms with Crippen LogP contribution in [0.5, 0.6) is 0 Å². The predicted octanol–water partition coefficient (Wildman–Crippen LogP) is 0.292. The van der Waals surface area contributed by atoms with Gasteiger partial charge in [-0.2, -0.15) is 0 Å². The zero-order valence-corrected chi connectivity index (χ0v) is 16.0. The summed E-state index contributed by atoms with van der Waals surface area (Å²) in [6, 6.07) is 6.68. The van der Waals surface area contributed by atoms with Crippen molar-refractivity contribution in [3.8, 4) is 0 Å². The molecule has 0 radical (unpaired) electrons. The van der Waals surface area contributed by atoms with E-state index in [0.717, 1.165) is 13.0 Å². The number of rotatable bonds is 7. The number of nitrogens with one attached hydrogen (secondary N) is 3. The van der Waals surface area contributed by atoms with Crippen LogP contribution in [0.15, 0.2) is 29.2 Å². The highest BCUT2D eigenvalue weighted by Gasteiger charge is 2.17. The summed E-state index contributed by atoms with van der Waals surface area (Å²) in [4.78, 5) is 1.93. The molecular formula is C16H27N4O2S2+. The molecule has 0 aromatic heterocycles. The Labute approximate surface area is 150 Å². The third-order valence-electron chi connectivity index (χ3n) is 4.17. The van der Waals surface area contributed by atoms with Crippen molar-refractivity contribution in [1.29, 1.82) is 0 Å². The molecule has 8 heteroatoms. The lowest BCUT2D eigenvalue weighted by atomic mass is 10.3. The van der Waals surface area contributed by atoms with E-state index in [1.54, 1.807) is 29.2 Å². The van der Waals surface area contributed by atoms with E-state index in [-0.39, 0.29) is 4.90 Å². The van der Waals surface area contributed by atoms with Gasteiger partial charge in [0.05, 0.1) is 24.5 Å². The zero-order valence-electron chi connectivity index (χ0n) is 14.3. The van der Waals surface area contributed by atoms with Crippen LogP contribution in [0, 0.1) is 0 Å². The SMILES string of the molecule is CN(C)S(=O)(=O)c1cccc(NC(=S)NCCC[NH+]2CCCC2)c1. The second kappa shape index (κ2) is 8.75. The van der Waals surface area contributed by atoms with Crippen LogP contribution in [0.4, 0.5) is 5.69 Å². The van der Waals surface area contributed by atoms with Crippen molar-refractivity contribution in [2.75, 3.05) is 45.6 Å². The molecule has 0 bridgehead atoms. The summed E-state index contributed by atoms with van der Waals surface area (Å²) < 4.78 is 25.5. The standard InChI is InChI=1S/C16H26N4O2S2/c1-19(2)24(21,22)15-8-5-7-14(13-15)18-16(23)17-9-6-12-20-10-3-4-11-20/h5,7-8,13H,3-4,6,9-12H2,1-2H3,(H2,17,18,23)/p+1. The fourth-order valence-corrected chi connectivity index (χ4v) is 3.95. The first-order chi connectivity index (χ1) is 11.4. The third-order valence-corrected chi connectivity index (χ3v) is 6.23. The van der Waals surface area contributed by atoms with Crippen molar-refractivity contribution in [1.82, 2.24) is 9.62 Å². The molecule has 1 saturated heterocycles. The van der Waals surface area contributed by atoms with Gasteiger partial charge in [-0.15, -0.1) is 0 Å². The van der Waals surface area contributed by atoms with Gasteiger partial charge in [0.1, 0.15) is 0 Å². The fraction of sp³-hybridized carbons (Fsp3) is 0.562. The molecule has 1 aliphatic heterocycles. The molecule has 1 fully saturated rings. The molecule has 1 aromatic rings. The number of nitrogens with zero attached hydrogens (tertiary/aromatic N) is 1. The minimum absolute atomic E-state index is 0.248. The average molecular weight is 372 g/mol. The van der Waals surface area contributed by atoms with Crippen LogP contribution in [0.25, 0.3) is 0 Å². The smallest absolute Gasteiger partial charge is 0.242 e. The normalized spacial score (nSPS) is 15.6. The van der Waals surface area contributed by atoms with Crippen LogP contribution in [-0.4, -0.2) is 58.1 Å². The molecule has 134 valence electrons. The van der Waals surface area contributed by atoms with Gasteiger partial charge in [-0.05, 0) is 30.4 Å². The Morgan fingerprint density at radius 2 is 2.00 bits per heavy atom. The number of likely N-dealkylation sites (tertiary alicyclic amines) is 1. The van der Waals surface area contributed by atoms with E-state index < -0.39 is 10.0 Å². The van der Waals surface area contributed by atoms with Crippen molar-refractivity contribution in [3.05, 3.63) is 24.3 Å². The fourth-order valence-electron chi connectivity index (χ4n) is 2.79. The number of sulfonamides is 1. The van der Waals surface area contributed by atoms with E-state index in [9.17, 15) is 8.42 Å². The van der Waals surface area contributed by atoms with Gasteiger partial charge in [-0.1, -0.05) is 6.07 Å². The second-order valence-corrected chi connectivity index (χ2v) is 8.82. The Hall–Kier alpha value is -1.22. The number of hydrogen-bond acceptors (Lipinski definition) is 3. The number of quaternary nitrogens is 1. The highest BCUT2D eigenvalue weighted by Crippen LogP contribution is 2.17. The lowest BCUT2D eigenvalue weighted by Gasteiger charge is -2.15. The first kappa shape index (κ1) is 19.1. The quantitative estimate of drug-likeness (QED) is 0.475. The first-order valence-electron chi connectivity index (χ1n) is 8.30. The molecule has 24 heavy (non-hydrogen) atoms. The van der Waals surface area contributed by atoms with Crippen molar-refractivity contribution in [2.24, 2.45) is 0 Å².